The highest BCUT2D eigenvalue weighted by Gasteiger charge is 2.12. The number of fused-ring (bicyclic) bond motifs is 1. The fourth-order valence-electron chi connectivity index (χ4n) is 1.74. The molecule has 2 aromatic heterocycles. The second kappa shape index (κ2) is 5.27. The van der Waals surface area contributed by atoms with Gasteiger partial charge in [0.25, 0.3) is 11.5 Å². The van der Waals surface area contributed by atoms with E-state index < -0.39 is 5.91 Å². The summed E-state index contributed by atoms with van der Waals surface area (Å²) in [6.07, 6.45) is 0. The molecule has 0 spiro atoms. The van der Waals surface area contributed by atoms with E-state index in [-0.39, 0.29) is 11.3 Å². The Hall–Kier alpha value is -2.25. The van der Waals surface area contributed by atoms with E-state index in [2.05, 4.69) is 15.4 Å². The largest absolute Gasteiger partial charge is 0.296 e. The molecular formula is C13H9ClN4O2S. The Morgan fingerprint density at radius 2 is 2.14 bits per heavy atom. The Bertz CT molecular complexity index is 903. The maximum absolute atomic E-state index is 12.1. The molecular weight excluding hydrogens is 312 g/mol. The first-order valence-corrected chi connectivity index (χ1v) is 7.14. The zero-order valence-corrected chi connectivity index (χ0v) is 12.4. The molecule has 3 aromatic rings. The number of carbonyl (C=O) groups excluding carboxylic acids is 1. The van der Waals surface area contributed by atoms with Gasteiger partial charge in [-0.2, -0.15) is 5.10 Å². The molecule has 21 heavy (non-hydrogen) atoms. The Morgan fingerprint density at radius 3 is 2.90 bits per heavy atom. The lowest BCUT2D eigenvalue weighted by atomic mass is 10.3. The minimum absolute atomic E-state index is 0.148. The van der Waals surface area contributed by atoms with E-state index in [9.17, 15) is 9.59 Å². The fourth-order valence-corrected chi connectivity index (χ4v) is 2.87. The van der Waals surface area contributed by atoms with Crippen molar-refractivity contribution >= 4 is 44.2 Å². The van der Waals surface area contributed by atoms with Crippen LogP contribution in [-0.4, -0.2) is 20.7 Å². The van der Waals surface area contributed by atoms with Crippen LogP contribution in [0.15, 0.2) is 35.1 Å². The molecule has 1 amide bonds. The van der Waals surface area contributed by atoms with E-state index in [4.69, 9.17) is 11.6 Å². The van der Waals surface area contributed by atoms with Crippen molar-refractivity contribution < 1.29 is 4.79 Å². The first-order valence-electron chi connectivity index (χ1n) is 5.95. The van der Waals surface area contributed by atoms with Crippen molar-refractivity contribution in [2.75, 3.05) is 5.32 Å². The third kappa shape index (κ3) is 2.79. The van der Waals surface area contributed by atoms with Gasteiger partial charge in [0.2, 0.25) is 0 Å². The standard InChI is InChI=1S/C13H9ClN4O2S/c1-18-11(19)5-4-9(17-18)12(20)16-13-15-8-3-2-7(14)6-10(8)21-13/h2-6H,1H3,(H,15,16,20). The van der Waals surface area contributed by atoms with Crippen LogP contribution in [0.5, 0.6) is 0 Å². The Kier molecular flexibility index (Phi) is 3.44. The number of hydrogen-bond donors (Lipinski definition) is 1. The molecule has 0 saturated carbocycles. The molecule has 6 nitrogen and oxygen atoms in total. The molecule has 0 fully saturated rings. The van der Waals surface area contributed by atoms with Crippen LogP contribution in [0.3, 0.4) is 0 Å². The summed E-state index contributed by atoms with van der Waals surface area (Å²) in [7, 11) is 1.48. The second-order valence-corrected chi connectivity index (χ2v) is 5.73. The van der Waals surface area contributed by atoms with Crippen LogP contribution in [0, 0.1) is 0 Å². The van der Waals surface area contributed by atoms with Gasteiger partial charge in [-0.25, -0.2) is 9.67 Å². The summed E-state index contributed by atoms with van der Waals surface area (Å²) < 4.78 is 1.98. The second-order valence-electron chi connectivity index (χ2n) is 4.27. The van der Waals surface area contributed by atoms with E-state index >= 15 is 0 Å². The molecule has 1 N–H and O–H groups in total. The summed E-state index contributed by atoms with van der Waals surface area (Å²) in [5.41, 5.74) is 0.628. The summed E-state index contributed by atoms with van der Waals surface area (Å²) in [5, 5.41) is 7.61. The summed E-state index contributed by atoms with van der Waals surface area (Å²) in [4.78, 5) is 27.6. The molecule has 0 aliphatic rings. The third-order valence-corrected chi connectivity index (χ3v) is 3.93. The van der Waals surface area contributed by atoms with Gasteiger partial charge in [0.05, 0.1) is 10.2 Å². The van der Waals surface area contributed by atoms with Crippen molar-refractivity contribution in [3.8, 4) is 0 Å². The van der Waals surface area contributed by atoms with Crippen molar-refractivity contribution in [3.63, 3.8) is 0 Å². The van der Waals surface area contributed by atoms with Gasteiger partial charge in [0.1, 0.15) is 5.69 Å². The van der Waals surface area contributed by atoms with Gasteiger partial charge in [0.15, 0.2) is 5.13 Å². The molecule has 2 heterocycles. The van der Waals surface area contributed by atoms with Crippen LogP contribution in [0.25, 0.3) is 10.2 Å². The number of hydrogen-bond acceptors (Lipinski definition) is 5. The highest BCUT2D eigenvalue weighted by molar-refractivity contribution is 7.22. The molecule has 0 aliphatic carbocycles. The molecule has 8 heteroatoms. The number of anilines is 1. The van der Waals surface area contributed by atoms with Crippen LogP contribution in [-0.2, 0) is 7.05 Å². The fraction of sp³-hybridized carbons (Fsp3) is 0.0769. The van der Waals surface area contributed by atoms with Crippen LogP contribution in [0.1, 0.15) is 10.5 Å². The highest BCUT2D eigenvalue weighted by atomic mass is 35.5. The lowest BCUT2D eigenvalue weighted by Crippen LogP contribution is -2.23. The van der Waals surface area contributed by atoms with E-state index in [0.29, 0.717) is 10.2 Å². The number of rotatable bonds is 2. The number of carbonyl (C=O) groups is 1. The molecule has 0 radical (unpaired) electrons. The first-order chi connectivity index (χ1) is 10.0. The van der Waals surface area contributed by atoms with Crippen molar-refractivity contribution in [1.29, 1.82) is 0 Å². The zero-order chi connectivity index (χ0) is 15.0. The number of aryl methyl sites for hydroxylation is 1. The van der Waals surface area contributed by atoms with Gasteiger partial charge >= 0.3 is 0 Å². The third-order valence-electron chi connectivity index (χ3n) is 2.76. The van der Waals surface area contributed by atoms with Crippen LogP contribution in [0.4, 0.5) is 5.13 Å². The molecule has 0 unspecified atom stereocenters. The maximum atomic E-state index is 12.1. The summed E-state index contributed by atoms with van der Waals surface area (Å²) in [5.74, 6) is -0.421. The molecule has 0 bridgehead atoms. The van der Waals surface area contributed by atoms with Crippen molar-refractivity contribution in [3.05, 3.63) is 51.4 Å². The minimum Gasteiger partial charge on any atom is -0.296 e. The Balaban J connectivity index is 1.88. The number of nitrogens with zero attached hydrogens (tertiary/aromatic N) is 3. The highest BCUT2D eigenvalue weighted by Crippen LogP contribution is 2.28. The predicted molar refractivity (Wildman–Crippen MR) is 82.1 cm³/mol. The monoisotopic (exact) mass is 320 g/mol. The molecule has 0 aliphatic heterocycles. The smallest absolute Gasteiger partial charge is 0.277 e. The van der Waals surface area contributed by atoms with Gasteiger partial charge in [-0.15, -0.1) is 0 Å². The predicted octanol–water partition coefficient (Wildman–Crippen LogP) is 2.30. The van der Waals surface area contributed by atoms with Gasteiger partial charge in [-0.05, 0) is 24.3 Å². The average Bonchev–Trinajstić information content (AvgIpc) is 2.83. The molecule has 3 rings (SSSR count). The van der Waals surface area contributed by atoms with Gasteiger partial charge < -0.3 is 0 Å². The van der Waals surface area contributed by atoms with E-state index in [1.165, 1.54) is 30.5 Å². The van der Waals surface area contributed by atoms with Crippen molar-refractivity contribution in [2.24, 2.45) is 7.05 Å². The topological polar surface area (TPSA) is 76.9 Å². The Labute approximate surface area is 128 Å². The average molecular weight is 321 g/mol. The van der Waals surface area contributed by atoms with Crippen LogP contribution in [0.2, 0.25) is 5.02 Å². The quantitative estimate of drug-likeness (QED) is 0.786. The van der Waals surface area contributed by atoms with Crippen LogP contribution >= 0.6 is 22.9 Å². The van der Waals surface area contributed by atoms with Gasteiger partial charge in [-0.3, -0.25) is 14.9 Å². The number of aromatic nitrogens is 3. The summed E-state index contributed by atoms with van der Waals surface area (Å²) in [6.45, 7) is 0. The van der Waals surface area contributed by atoms with Crippen LogP contribution < -0.4 is 10.9 Å². The lowest BCUT2D eigenvalue weighted by molar-refractivity contribution is 0.102. The van der Waals surface area contributed by atoms with Crippen molar-refractivity contribution in [1.82, 2.24) is 14.8 Å². The summed E-state index contributed by atoms with van der Waals surface area (Å²) >= 11 is 7.23. The number of thiazole rings is 1. The summed E-state index contributed by atoms with van der Waals surface area (Å²) in [6, 6.07) is 7.98. The molecule has 0 atom stereocenters. The maximum Gasteiger partial charge on any atom is 0.277 e. The molecule has 106 valence electrons. The number of halogens is 1. The molecule has 0 saturated heterocycles. The van der Waals surface area contributed by atoms with E-state index in [1.807, 2.05) is 0 Å². The normalized spacial score (nSPS) is 10.8. The first kappa shape index (κ1) is 13.7. The number of benzene rings is 1. The van der Waals surface area contributed by atoms with Gasteiger partial charge in [-0.1, -0.05) is 22.9 Å². The van der Waals surface area contributed by atoms with Gasteiger partial charge in [0, 0.05) is 18.1 Å². The number of amides is 1. The zero-order valence-electron chi connectivity index (χ0n) is 10.8. The Morgan fingerprint density at radius 1 is 1.33 bits per heavy atom. The van der Waals surface area contributed by atoms with E-state index in [1.54, 1.807) is 18.2 Å². The molecule has 1 aromatic carbocycles. The van der Waals surface area contributed by atoms with E-state index in [0.717, 1.165) is 14.9 Å². The van der Waals surface area contributed by atoms with Crippen molar-refractivity contribution in [2.45, 2.75) is 0 Å². The SMILES string of the molecule is Cn1nc(C(=O)Nc2nc3ccc(Cl)cc3s2)ccc1=O. The minimum atomic E-state index is -0.421. The number of nitrogens with one attached hydrogen (secondary N) is 1. The lowest BCUT2D eigenvalue weighted by Gasteiger charge is -2.01.